The number of hydrogen-bond acceptors (Lipinski definition) is 7. The molecule has 0 aliphatic carbocycles. The fraction of sp³-hybridized carbons (Fsp3) is 0.333. The fourth-order valence-electron chi connectivity index (χ4n) is 3.14. The molecule has 9 heteroatoms. The molecule has 0 unspecified atom stereocenters. The highest BCUT2D eigenvalue weighted by Crippen LogP contribution is 2.25. The number of pyridine rings is 2. The molecule has 8 nitrogen and oxygen atoms in total. The molecule has 1 N–H and O–H groups in total. The van der Waals surface area contributed by atoms with Gasteiger partial charge in [-0.1, -0.05) is 16.8 Å². The van der Waals surface area contributed by atoms with Gasteiger partial charge in [-0.3, -0.25) is 9.78 Å². The number of aryl methyl sites for hydroxylation is 1. The number of carbonyl (C=O) groups is 1. The Morgan fingerprint density at radius 3 is 2.73 bits per heavy atom. The first kappa shape index (κ1) is 20.3. The van der Waals surface area contributed by atoms with Gasteiger partial charge in [0.2, 0.25) is 5.88 Å². The number of amides is 1. The fourth-order valence-corrected chi connectivity index (χ4v) is 3.25. The van der Waals surface area contributed by atoms with Crippen LogP contribution in [0.15, 0.2) is 41.2 Å². The van der Waals surface area contributed by atoms with Crippen LogP contribution < -0.4 is 10.1 Å². The second-order valence-corrected chi connectivity index (χ2v) is 7.40. The summed E-state index contributed by atoms with van der Waals surface area (Å²) in [4.78, 5) is 20.9. The highest BCUT2D eigenvalue weighted by atomic mass is 35.5. The van der Waals surface area contributed by atoms with Gasteiger partial charge in [-0.25, -0.2) is 4.98 Å². The Morgan fingerprint density at radius 1 is 1.20 bits per heavy atom. The van der Waals surface area contributed by atoms with Crippen LogP contribution in [0.5, 0.6) is 5.88 Å². The van der Waals surface area contributed by atoms with Crippen LogP contribution in [0.4, 0.5) is 0 Å². The maximum Gasteiger partial charge on any atom is 0.253 e. The van der Waals surface area contributed by atoms with Crippen molar-refractivity contribution < 1.29 is 18.8 Å². The molecular weight excluding hydrogens is 408 g/mol. The lowest BCUT2D eigenvalue weighted by atomic mass is 10.1. The van der Waals surface area contributed by atoms with E-state index in [0.29, 0.717) is 46.8 Å². The summed E-state index contributed by atoms with van der Waals surface area (Å²) in [6, 6.07) is 7.01. The van der Waals surface area contributed by atoms with E-state index < -0.39 is 0 Å². The Hall–Kier alpha value is -2.97. The van der Waals surface area contributed by atoms with Crippen molar-refractivity contribution >= 4 is 17.5 Å². The van der Waals surface area contributed by atoms with E-state index in [2.05, 4.69) is 20.4 Å². The number of ether oxygens (including phenoxy) is 2. The molecule has 1 saturated heterocycles. The van der Waals surface area contributed by atoms with Crippen LogP contribution in [0.2, 0.25) is 5.02 Å². The lowest BCUT2D eigenvalue weighted by molar-refractivity contribution is 0.0696. The SMILES string of the molecule is Cc1onc(-c2ccc(Cl)cn2)c1COc1ccc(C(=O)NC2CCOCC2)cn1. The molecule has 156 valence electrons. The molecule has 0 spiro atoms. The Kier molecular flexibility index (Phi) is 6.25. The van der Waals surface area contributed by atoms with Crippen molar-refractivity contribution in [3.05, 3.63) is 58.6 Å². The summed E-state index contributed by atoms with van der Waals surface area (Å²) in [6.07, 6.45) is 4.70. The van der Waals surface area contributed by atoms with Gasteiger partial charge in [0.1, 0.15) is 18.1 Å². The Morgan fingerprint density at radius 2 is 2.03 bits per heavy atom. The van der Waals surface area contributed by atoms with E-state index in [4.69, 9.17) is 25.6 Å². The van der Waals surface area contributed by atoms with Crippen LogP contribution in [0.3, 0.4) is 0 Å². The maximum absolute atomic E-state index is 12.4. The zero-order chi connectivity index (χ0) is 20.9. The van der Waals surface area contributed by atoms with E-state index in [0.717, 1.165) is 18.4 Å². The third kappa shape index (κ3) is 4.77. The average molecular weight is 429 g/mol. The first-order chi connectivity index (χ1) is 14.6. The van der Waals surface area contributed by atoms with Gasteiger partial charge in [0.15, 0.2) is 0 Å². The van der Waals surface area contributed by atoms with Gasteiger partial charge in [-0.2, -0.15) is 0 Å². The molecule has 1 aliphatic rings. The Balaban J connectivity index is 1.39. The summed E-state index contributed by atoms with van der Waals surface area (Å²) in [5.41, 5.74) is 2.49. The summed E-state index contributed by atoms with van der Waals surface area (Å²) in [7, 11) is 0. The molecule has 0 bridgehead atoms. The number of halogens is 1. The molecule has 3 aromatic heterocycles. The van der Waals surface area contributed by atoms with E-state index in [1.807, 2.05) is 6.92 Å². The molecule has 1 aliphatic heterocycles. The van der Waals surface area contributed by atoms with E-state index in [1.165, 1.54) is 6.20 Å². The average Bonchev–Trinajstić information content (AvgIpc) is 3.14. The topological polar surface area (TPSA) is 99.4 Å². The minimum atomic E-state index is -0.146. The minimum Gasteiger partial charge on any atom is -0.473 e. The molecular formula is C21H21ClN4O4. The number of carbonyl (C=O) groups excluding carboxylic acids is 1. The maximum atomic E-state index is 12.4. The van der Waals surface area contributed by atoms with Crippen molar-refractivity contribution in [1.29, 1.82) is 0 Å². The summed E-state index contributed by atoms with van der Waals surface area (Å²) in [5, 5.41) is 7.63. The molecule has 1 amide bonds. The largest absolute Gasteiger partial charge is 0.473 e. The van der Waals surface area contributed by atoms with Crippen LogP contribution in [-0.2, 0) is 11.3 Å². The zero-order valence-corrected chi connectivity index (χ0v) is 17.2. The minimum absolute atomic E-state index is 0.138. The molecule has 3 aromatic rings. The first-order valence-corrected chi connectivity index (χ1v) is 10.0. The smallest absolute Gasteiger partial charge is 0.253 e. The number of hydrogen-bond donors (Lipinski definition) is 1. The van der Waals surface area contributed by atoms with Gasteiger partial charge in [-0.05, 0) is 38.0 Å². The first-order valence-electron chi connectivity index (χ1n) is 9.64. The number of nitrogens with zero attached hydrogens (tertiary/aromatic N) is 3. The van der Waals surface area contributed by atoms with Crippen molar-refractivity contribution in [3.8, 4) is 17.3 Å². The molecule has 4 rings (SSSR count). The molecule has 0 atom stereocenters. The van der Waals surface area contributed by atoms with Crippen LogP contribution >= 0.6 is 11.6 Å². The summed E-state index contributed by atoms with van der Waals surface area (Å²) in [6.45, 7) is 3.36. The number of aromatic nitrogens is 3. The second-order valence-electron chi connectivity index (χ2n) is 6.96. The van der Waals surface area contributed by atoms with Crippen molar-refractivity contribution in [1.82, 2.24) is 20.4 Å². The zero-order valence-electron chi connectivity index (χ0n) is 16.4. The molecule has 30 heavy (non-hydrogen) atoms. The number of nitrogens with one attached hydrogen (secondary N) is 1. The van der Waals surface area contributed by atoms with Gasteiger partial charge in [0, 0.05) is 37.7 Å². The molecule has 1 fully saturated rings. The third-order valence-electron chi connectivity index (χ3n) is 4.87. The van der Waals surface area contributed by atoms with Crippen molar-refractivity contribution in [2.75, 3.05) is 13.2 Å². The predicted octanol–water partition coefficient (Wildman–Crippen LogP) is 3.58. The van der Waals surface area contributed by atoms with Crippen LogP contribution in [-0.4, -0.2) is 40.3 Å². The van der Waals surface area contributed by atoms with Gasteiger partial charge >= 0.3 is 0 Å². The van der Waals surface area contributed by atoms with Crippen LogP contribution in [0, 0.1) is 6.92 Å². The lowest BCUT2D eigenvalue weighted by Crippen LogP contribution is -2.38. The summed E-state index contributed by atoms with van der Waals surface area (Å²) < 4.78 is 16.4. The number of rotatable bonds is 6. The quantitative estimate of drug-likeness (QED) is 0.640. The second kappa shape index (κ2) is 9.23. The van der Waals surface area contributed by atoms with Gasteiger partial charge in [-0.15, -0.1) is 0 Å². The predicted molar refractivity (Wildman–Crippen MR) is 109 cm³/mol. The van der Waals surface area contributed by atoms with E-state index in [9.17, 15) is 4.79 Å². The molecule has 4 heterocycles. The third-order valence-corrected chi connectivity index (χ3v) is 5.10. The van der Waals surface area contributed by atoms with Crippen LogP contribution in [0.25, 0.3) is 11.4 Å². The Labute approximate surface area is 178 Å². The van der Waals surface area contributed by atoms with Crippen LogP contribution in [0.1, 0.15) is 34.5 Å². The van der Waals surface area contributed by atoms with E-state index in [1.54, 1.807) is 30.5 Å². The molecule has 0 saturated carbocycles. The summed E-state index contributed by atoms with van der Waals surface area (Å²) in [5.74, 6) is 0.884. The van der Waals surface area contributed by atoms with Crippen molar-refractivity contribution in [2.24, 2.45) is 0 Å². The standard InChI is InChI=1S/C21H21ClN4O4/c1-13-17(20(26-30-13)18-4-3-15(22)11-23-18)12-29-19-5-2-14(10-24-19)21(27)25-16-6-8-28-9-7-16/h2-5,10-11,16H,6-9,12H2,1H3,(H,25,27). The van der Waals surface area contributed by atoms with Crippen molar-refractivity contribution in [3.63, 3.8) is 0 Å². The highest BCUT2D eigenvalue weighted by molar-refractivity contribution is 6.30. The monoisotopic (exact) mass is 428 g/mol. The van der Waals surface area contributed by atoms with E-state index >= 15 is 0 Å². The normalized spacial score (nSPS) is 14.5. The van der Waals surface area contributed by atoms with Gasteiger partial charge < -0.3 is 19.3 Å². The lowest BCUT2D eigenvalue weighted by Gasteiger charge is -2.23. The van der Waals surface area contributed by atoms with Gasteiger partial charge in [0.05, 0.1) is 21.8 Å². The summed E-state index contributed by atoms with van der Waals surface area (Å²) >= 11 is 5.90. The van der Waals surface area contributed by atoms with E-state index in [-0.39, 0.29) is 18.6 Å². The molecule has 0 aromatic carbocycles. The molecule has 0 radical (unpaired) electrons. The van der Waals surface area contributed by atoms with Gasteiger partial charge in [0.25, 0.3) is 5.91 Å². The highest BCUT2D eigenvalue weighted by Gasteiger charge is 2.18. The Bertz CT molecular complexity index is 999. The van der Waals surface area contributed by atoms with Crippen molar-refractivity contribution in [2.45, 2.75) is 32.4 Å².